The minimum Gasteiger partial charge on any atom is -0.382 e. The number of carbonyl (C=O) groups is 1. The predicted octanol–water partition coefficient (Wildman–Crippen LogP) is -1.41. The Balaban J connectivity index is 2.32. The Bertz CT molecular complexity index is 563. The van der Waals surface area contributed by atoms with Crippen molar-refractivity contribution in [2.45, 2.75) is 25.7 Å². The van der Waals surface area contributed by atoms with E-state index in [1.165, 1.54) is 12.8 Å². The van der Waals surface area contributed by atoms with Crippen molar-refractivity contribution < 1.29 is 9.79 Å². The summed E-state index contributed by atoms with van der Waals surface area (Å²) in [6, 6.07) is 0. The number of amides is 1. The highest BCUT2D eigenvalue weighted by molar-refractivity contribution is 6.32. The lowest BCUT2D eigenvalue weighted by atomic mass is 10.2. The minimum absolute atomic E-state index is 0.00241. The molecule has 8 nitrogen and oxygen atoms in total. The molecule has 9 heteroatoms. The van der Waals surface area contributed by atoms with E-state index in [4.69, 9.17) is 28.8 Å². The van der Waals surface area contributed by atoms with E-state index in [1.807, 2.05) is 4.90 Å². The zero-order chi connectivity index (χ0) is 15.4. The van der Waals surface area contributed by atoms with E-state index in [0.29, 0.717) is 5.82 Å². The van der Waals surface area contributed by atoms with Crippen molar-refractivity contribution in [3.63, 3.8) is 0 Å². The fourth-order valence-corrected chi connectivity index (χ4v) is 2.51. The summed E-state index contributed by atoms with van der Waals surface area (Å²) in [5, 5.41) is 0.145. The predicted molar refractivity (Wildman–Crippen MR) is 80.8 cm³/mol. The molecular formula is C12H19ClN7O+. The van der Waals surface area contributed by atoms with Crippen molar-refractivity contribution in [2.24, 2.45) is 11.5 Å². The van der Waals surface area contributed by atoms with Crippen LogP contribution in [0.1, 0.15) is 36.2 Å². The van der Waals surface area contributed by atoms with Gasteiger partial charge in [-0.1, -0.05) is 24.4 Å². The summed E-state index contributed by atoms with van der Waals surface area (Å²) < 4.78 is 0. The molecule has 1 saturated heterocycles. The van der Waals surface area contributed by atoms with Gasteiger partial charge in [-0.3, -0.25) is 11.5 Å². The van der Waals surface area contributed by atoms with Crippen LogP contribution in [0.5, 0.6) is 0 Å². The molecule has 0 radical (unpaired) electrons. The van der Waals surface area contributed by atoms with Crippen LogP contribution in [0.4, 0.5) is 11.6 Å². The van der Waals surface area contributed by atoms with Crippen LogP contribution in [0, 0.1) is 0 Å². The number of nitrogens with zero attached hydrogens (tertiary/aromatic N) is 3. The summed E-state index contributed by atoms with van der Waals surface area (Å²) in [4.78, 5) is 24.3. The van der Waals surface area contributed by atoms with Crippen molar-refractivity contribution in [3.8, 4) is 0 Å². The first-order valence-corrected chi connectivity index (χ1v) is 7.14. The zero-order valence-corrected chi connectivity index (χ0v) is 12.4. The second-order valence-electron chi connectivity index (χ2n) is 4.88. The molecular weight excluding hydrogens is 294 g/mol. The SMILES string of the molecule is NC(N)=[NH+]C(=O)c1nc(Cl)c(N2CCCCCC2)nc1N. The van der Waals surface area contributed by atoms with Gasteiger partial charge in [0.15, 0.2) is 22.5 Å². The molecule has 1 aromatic heterocycles. The van der Waals surface area contributed by atoms with Crippen molar-refractivity contribution in [3.05, 3.63) is 10.8 Å². The number of nitrogens with two attached hydrogens (primary N) is 3. The maximum Gasteiger partial charge on any atom is 0.346 e. The van der Waals surface area contributed by atoms with E-state index >= 15 is 0 Å². The number of nitrogen functional groups attached to an aromatic ring is 1. The average molecular weight is 313 g/mol. The van der Waals surface area contributed by atoms with Crippen LogP contribution in [-0.2, 0) is 0 Å². The van der Waals surface area contributed by atoms with E-state index in [-0.39, 0.29) is 22.6 Å². The second-order valence-corrected chi connectivity index (χ2v) is 5.24. The molecule has 1 aromatic rings. The highest BCUT2D eigenvalue weighted by Gasteiger charge is 2.21. The van der Waals surface area contributed by atoms with Crippen LogP contribution in [0.15, 0.2) is 0 Å². The molecule has 1 fully saturated rings. The van der Waals surface area contributed by atoms with Gasteiger partial charge in [-0.25, -0.2) is 19.8 Å². The molecule has 0 atom stereocenters. The molecule has 0 spiro atoms. The fraction of sp³-hybridized carbons (Fsp3) is 0.500. The Hall–Kier alpha value is -2.09. The molecule has 114 valence electrons. The number of hydrogen-bond donors (Lipinski definition) is 4. The van der Waals surface area contributed by atoms with Crippen molar-refractivity contribution in [2.75, 3.05) is 23.7 Å². The van der Waals surface area contributed by atoms with Crippen molar-refractivity contribution in [1.82, 2.24) is 9.97 Å². The van der Waals surface area contributed by atoms with Gasteiger partial charge < -0.3 is 10.6 Å². The molecule has 1 amide bonds. The Morgan fingerprint density at radius 1 is 1.14 bits per heavy atom. The minimum atomic E-state index is -0.635. The van der Waals surface area contributed by atoms with Gasteiger partial charge in [0.25, 0.3) is 0 Å². The molecule has 0 aromatic carbocycles. The number of aromatic nitrogens is 2. The topological polar surface area (TPSA) is 138 Å². The largest absolute Gasteiger partial charge is 0.382 e. The Morgan fingerprint density at radius 3 is 2.33 bits per heavy atom. The number of halogens is 1. The molecule has 2 heterocycles. The van der Waals surface area contributed by atoms with Gasteiger partial charge in [-0.05, 0) is 12.8 Å². The Morgan fingerprint density at radius 2 is 1.76 bits per heavy atom. The lowest BCUT2D eigenvalue weighted by Gasteiger charge is -2.22. The summed E-state index contributed by atoms with van der Waals surface area (Å²) in [5.41, 5.74) is 16.1. The van der Waals surface area contributed by atoms with Gasteiger partial charge in [-0.15, -0.1) is 0 Å². The maximum absolute atomic E-state index is 11.8. The Kier molecular flexibility index (Phi) is 4.79. The molecule has 0 aliphatic carbocycles. The highest BCUT2D eigenvalue weighted by atomic mass is 35.5. The average Bonchev–Trinajstić information content (AvgIpc) is 2.69. The van der Waals surface area contributed by atoms with Gasteiger partial charge in [0.1, 0.15) is 0 Å². The number of carbonyl (C=O) groups excluding carboxylic acids is 1. The summed E-state index contributed by atoms with van der Waals surface area (Å²) in [6.45, 7) is 1.70. The van der Waals surface area contributed by atoms with Gasteiger partial charge in [0, 0.05) is 13.1 Å². The fourth-order valence-electron chi connectivity index (χ4n) is 2.26. The monoisotopic (exact) mass is 312 g/mol. The third-order valence-electron chi connectivity index (χ3n) is 3.24. The third-order valence-corrected chi connectivity index (χ3v) is 3.50. The van der Waals surface area contributed by atoms with Crippen molar-refractivity contribution >= 4 is 35.1 Å². The summed E-state index contributed by atoms with van der Waals surface area (Å²) in [6.07, 6.45) is 4.50. The van der Waals surface area contributed by atoms with E-state index in [0.717, 1.165) is 25.9 Å². The number of hydrogen-bond acceptors (Lipinski definition) is 5. The first-order chi connectivity index (χ1) is 9.99. The van der Waals surface area contributed by atoms with Crippen LogP contribution in [0.25, 0.3) is 0 Å². The number of nitrogens with one attached hydrogen (secondary N) is 1. The third kappa shape index (κ3) is 3.72. The van der Waals surface area contributed by atoms with Crippen LogP contribution in [0.3, 0.4) is 0 Å². The molecule has 7 N–H and O–H groups in total. The smallest absolute Gasteiger partial charge is 0.346 e. The molecule has 0 bridgehead atoms. The quantitative estimate of drug-likeness (QED) is 0.388. The van der Waals surface area contributed by atoms with Crippen molar-refractivity contribution in [1.29, 1.82) is 0 Å². The first-order valence-electron chi connectivity index (χ1n) is 6.76. The van der Waals surface area contributed by atoms with Crippen LogP contribution >= 0.6 is 11.6 Å². The zero-order valence-electron chi connectivity index (χ0n) is 11.6. The van der Waals surface area contributed by atoms with Gasteiger partial charge in [-0.2, -0.15) is 0 Å². The standard InChI is InChI=1S/C12H18ClN7O/c13-8-10(20-5-3-1-2-4-6-20)18-9(14)7(17-8)11(21)19-12(15)16/h1-6H2,(H2,14,18)(H4,15,16,19,21)/p+1. The lowest BCUT2D eigenvalue weighted by molar-refractivity contribution is -0.347. The van der Waals surface area contributed by atoms with Crippen LogP contribution in [0.2, 0.25) is 5.15 Å². The van der Waals surface area contributed by atoms with Gasteiger partial charge in [0.2, 0.25) is 0 Å². The molecule has 1 aliphatic rings. The highest BCUT2D eigenvalue weighted by Crippen LogP contribution is 2.26. The number of guanidine groups is 1. The number of rotatable bonds is 2. The second kappa shape index (κ2) is 6.57. The molecule has 1 aliphatic heterocycles. The van der Waals surface area contributed by atoms with E-state index < -0.39 is 5.91 Å². The Labute approximate surface area is 127 Å². The summed E-state index contributed by atoms with van der Waals surface area (Å²) >= 11 is 6.15. The normalized spacial score (nSPS) is 15.4. The first kappa shape index (κ1) is 15.3. The summed E-state index contributed by atoms with van der Waals surface area (Å²) in [5.74, 6) is -0.368. The molecule has 21 heavy (non-hydrogen) atoms. The van der Waals surface area contributed by atoms with Gasteiger partial charge >= 0.3 is 11.9 Å². The van der Waals surface area contributed by atoms with Gasteiger partial charge in [0.05, 0.1) is 0 Å². The van der Waals surface area contributed by atoms with Crippen LogP contribution in [-0.4, -0.2) is 34.9 Å². The molecule has 2 rings (SSSR count). The van der Waals surface area contributed by atoms with E-state index in [2.05, 4.69) is 15.0 Å². The van der Waals surface area contributed by atoms with Crippen LogP contribution < -0.4 is 27.1 Å². The number of anilines is 2. The maximum atomic E-state index is 11.8. The van der Waals surface area contributed by atoms with E-state index in [9.17, 15) is 4.79 Å². The molecule has 0 unspecified atom stereocenters. The lowest BCUT2D eigenvalue weighted by Crippen LogP contribution is -2.81. The molecule has 0 saturated carbocycles. The summed E-state index contributed by atoms with van der Waals surface area (Å²) in [7, 11) is 0. The van der Waals surface area contributed by atoms with E-state index in [1.54, 1.807) is 0 Å².